The van der Waals surface area contributed by atoms with Gasteiger partial charge in [-0.15, -0.1) is 11.3 Å². The fourth-order valence-corrected chi connectivity index (χ4v) is 2.63. The van der Waals surface area contributed by atoms with Crippen LogP contribution in [0, 0.1) is 0 Å². The lowest BCUT2D eigenvalue weighted by atomic mass is 10.1. The van der Waals surface area contributed by atoms with Crippen LogP contribution in [0.5, 0.6) is 0 Å². The van der Waals surface area contributed by atoms with E-state index in [0.717, 1.165) is 15.6 Å². The van der Waals surface area contributed by atoms with Gasteiger partial charge in [-0.05, 0) is 31.5 Å². The molecule has 4 heteroatoms. The fourth-order valence-electron chi connectivity index (χ4n) is 1.71. The normalized spacial score (nSPS) is 12.9. The number of thiazole rings is 1. The minimum atomic E-state index is 0.119. The molecule has 0 aliphatic rings. The minimum Gasteiger partial charge on any atom is -0.302 e. The van der Waals surface area contributed by atoms with Gasteiger partial charge in [0.15, 0.2) is 0 Å². The monoisotopic (exact) mass is 266 g/mol. The maximum atomic E-state index is 6.04. The Kier molecular flexibility index (Phi) is 4.15. The molecule has 1 heterocycles. The molecule has 0 aliphatic carbocycles. The van der Waals surface area contributed by atoms with Gasteiger partial charge in [-0.1, -0.05) is 23.7 Å². The van der Waals surface area contributed by atoms with Gasteiger partial charge in [0.05, 0.1) is 6.04 Å². The van der Waals surface area contributed by atoms with Gasteiger partial charge in [0.1, 0.15) is 5.01 Å². The number of hydrogen-bond donors (Lipinski definition) is 1. The van der Waals surface area contributed by atoms with E-state index >= 15 is 0 Å². The summed E-state index contributed by atoms with van der Waals surface area (Å²) in [6.45, 7) is 4.26. The molecule has 0 fully saturated rings. The molecule has 1 unspecified atom stereocenters. The summed E-state index contributed by atoms with van der Waals surface area (Å²) < 4.78 is 0. The van der Waals surface area contributed by atoms with E-state index in [1.165, 1.54) is 0 Å². The molecular formula is C13H15ClN2S. The molecule has 0 radical (unpaired) electrons. The Hall–Kier alpha value is -0.900. The van der Waals surface area contributed by atoms with Crippen molar-refractivity contribution in [2.45, 2.75) is 25.9 Å². The number of nitrogens with zero attached hydrogens (tertiary/aromatic N) is 1. The molecule has 1 N–H and O–H groups in total. The highest BCUT2D eigenvalue weighted by molar-refractivity contribution is 7.09. The van der Waals surface area contributed by atoms with E-state index in [4.69, 9.17) is 11.6 Å². The van der Waals surface area contributed by atoms with Crippen molar-refractivity contribution in [1.29, 1.82) is 0 Å². The molecular weight excluding hydrogens is 252 g/mol. The van der Waals surface area contributed by atoms with Crippen molar-refractivity contribution in [2.24, 2.45) is 0 Å². The van der Waals surface area contributed by atoms with Gasteiger partial charge in [0.25, 0.3) is 0 Å². The van der Waals surface area contributed by atoms with E-state index in [1.54, 1.807) is 11.3 Å². The van der Waals surface area contributed by atoms with Crippen LogP contribution in [-0.4, -0.2) is 11.0 Å². The van der Waals surface area contributed by atoms with Crippen molar-refractivity contribution in [1.82, 2.24) is 10.3 Å². The van der Waals surface area contributed by atoms with E-state index in [-0.39, 0.29) is 6.04 Å². The van der Waals surface area contributed by atoms with Crippen molar-refractivity contribution in [3.05, 3.63) is 51.4 Å². The van der Waals surface area contributed by atoms with Crippen LogP contribution in [0.1, 0.15) is 30.5 Å². The predicted octanol–water partition coefficient (Wildman–Crippen LogP) is 3.88. The molecule has 2 nitrogen and oxygen atoms in total. The summed E-state index contributed by atoms with van der Waals surface area (Å²) in [6, 6.07) is 8.44. The van der Waals surface area contributed by atoms with Crippen LogP contribution in [0.15, 0.2) is 35.8 Å². The molecule has 0 saturated carbocycles. The highest BCUT2D eigenvalue weighted by Crippen LogP contribution is 2.26. The Bertz CT molecular complexity index is 468. The average Bonchev–Trinajstić information content (AvgIpc) is 2.79. The Morgan fingerprint density at radius 3 is 2.76 bits per heavy atom. The maximum Gasteiger partial charge on any atom is 0.114 e. The van der Waals surface area contributed by atoms with Gasteiger partial charge in [0, 0.05) is 22.6 Å². The second kappa shape index (κ2) is 5.63. The third-order valence-electron chi connectivity index (χ3n) is 2.38. The molecule has 17 heavy (non-hydrogen) atoms. The van der Waals surface area contributed by atoms with Gasteiger partial charge in [-0.3, -0.25) is 0 Å². The zero-order chi connectivity index (χ0) is 12.3. The van der Waals surface area contributed by atoms with Gasteiger partial charge in [-0.2, -0.15) is 0 Å². The average molecular weight is 267 g/mol. The first-order valence-corrected chi connectivity index (χ1v) is 6.83. The zero-order valence-electron chi connectivity index (χ0n) is 9.85. The number of halogens is 1. The predicted molar refractivity (Wildman–Crippen MR) is 73.7 cm³/mol. The highest BCUT2D eigenvalue weighted by Gasteiger charge is 2.17. The third kappa shape index (κ3) is 3.28. The van der Waals surface area contributed by atoms with E-state index in [0.29, 0.717) is 6.04 Å². The highest BCUT2D eigenvalue weighted by atomic mass is 35.5. The summed E-state index contributed by atoms with van der Waals surface area (Å²) in [5.41, 5.74) is 1.15. The largest absolute Gasteiger partial charge is 0.302 e. The third-order valence-corrected chi connectivity index (χ3v) is 3.46. The zero-order valence-corrected chi connectivity index (χ0v) is 11.4. The summed E-state index contributed by atoms with van der Waals surface area (Å²) in [5, 5.41) is 7.34. The molecule has 1 aromatic heterocycles. The summed E-state index contributed by atoms with van der Waals surface area (Å²) in [6.07, 6.45) is 1.83. The van der Waals surface area contributed by atoms with Crippen LogP contribution < -0.4 is 5.32 Å². The van der Waals surface area contributed by atoms with Crippen molar-refractivity contribution in [3.8, 4) is 0 Å². The molecule has 0 spiro atoms. The smallest absolute Gasteiger partial charge is 0.114 e. The molecule has 0 amide bonds. The van der Waals surface area contributed by atoms with E-state index in [1.807, 2.05) is 29.8 Å². The summed E-state index contributed by atoms with van der Waals surface area (Å²) in [5.74, 6) is 0. The molecule has 0 aliphatic heterocycles. The molecule has 1 atom stereocenters. The molecule has 90 valence electrons. The van der Waals surface area contributed by atoms with Gasteiger partial charge >= 0.3 is 0 Å². The van der Waals surface area contributed by atoms with Crippen molar-refractivity contribution in [3.63, 3.8) is 0 Å². The lowest BCUT2D eigenvalue weighted by Crippen LogP contribution is -2.28. The standard InChI is InChI=1S/C13H15ClN2S/c1-9(2)16-12(13-15-6-7-17-13)10-4-3-5-11(14)8-10/h3-9,12,16H,1-2H3. The second-order valence-electron chi connectivity index (χ2n) is 4.18. The molecule has 2 aromatic rings. The molecule has 2 rings (SSSR count). The first-order chi connectivity index (χ1) is 8.16. The first-order valence-electron chi connectivity index (χ1n) is 5.57. The summed E-state index contributed by atoms with van der Waals surface area (Å²) in [7, 11) is 0. The SMILES string of the molecule is CC(C)NC(c1cccc(Cl)c1)c1nccs1. The molecule has 0 bridgehead atoms. The lowest BCUT2D eigenvalue weighted by molar-refractivity contribution is 0.527. The van der Waals surface area contributed by atoms with Crippen LogP contribution >= 0.6 is 22.9 Å². The number of benzene rings is 1. The van der Waals surface area contributed by atoms with Crippen molar-refractivity contribution < 1.29 is 0 Å². The van der Waals surface area contributed by atoms with Crippen LogP contribution in [0.4, 0.5) is 0 Å². The van der Waals surface area contributed by atoms with E-state index in [2.05, 4.69) is 30.2 Å². The Balaban J connectivity index is 2.33. The van der Waals surface area contributed by atoms with Crippen LogP contribution in [-0.2, 0) is 0 Å². The maximum absolute atomic E-state index is 6.04. The van der Waals surface area contributed by atoms with Gasteiger partial charge < -0.3 is 5.32 Å². The van der Waals surface area contributed by atoms with Crippen LogP contribution in [0.3, 0.4) is 0 Å². The second-order valence-corrected chi connectivity index (χ2v) is 5.54. The van der Waals surface area contributed by atoms with Gasteiger partial charge in [-0.25, -0.2) is 4.98 Å². The Morgan fingerprint density at radius 1 is 1.35 bits per heavy atom. The molecule has 1 aromatic carbocycles. The van der Waals surface area contributed by atoms with Crippen LogP contribution in [0.2, 0.25) is 5.02 Å². The van der Waals surface area contributed by atoms with E-state index in [9.17, 15) is 0 Å². The number of nitrogens with one attached hydrogen (secondary N) is 1. The Morgan fingerprint density at radius 2 is 2.18 bits per heavy atom. The minimum absolute atomic E-state index is 0.119. The lowest BCUT2D eigenvalue weighted by Gasteiger charge is -2.19. The number of hydrogen-bond acceptors (Lipinski definition) is 3. The molecule has 0 saturated heterocycles. The summed E-state index contributed by atoms with van der Waals surface area (Å²) >= 11 is 7.70. The first kappa shape index (κ1) is 12.6. The fraction of sp³-hybridized carbons (Fsp3) is 0.308. The summed E-state index contributed by atoms with van der Waals surface area (Å²) in [4.78, 5) is 4.39. The van der Waals surface area contributed by atoms with Crippen LogP contribution in [0.25, 0.3) is 0 Å². The van der Waals surface area contributed by atoms with E-state index < -0.39 is 0 Å². The topological polar surface area (TPSA) is 24.9 Å². The van der Waals surface area contributed by atoms with Crippen molar-refractivity contribution >= 4 is 22.9 Å². The van der Waals surface area contributed by atoms with Crippen molar-refractivity contribution in [2.75, 3.05) is 0 Å². The Labute approximate surface area is 111 Å². The number of aromatic nitrogens is 1. The quantitative estimate of drug-likeness (QED) is 0.908. The number of rotatable bonds is 4. The van der Waals surface area contributed by atoms with Gasteiger partial charge in [0.2, 0.25) is 0 Å².